The molecule has 0 bridgehead atoms. The smallest absolute Gasteiger partial charge is 0.345 e. The van der Waals surface area contributed by atoms with E-state index in [1.165, 1.54) is 7.11 Å². The third-order valence-corrected chi connectivity index (χ3v) is 2.92. The Balaban J connectivity index is 2.18. The van der Waals surface area contributed by atoms with E-state index in [9.17, 15) is 4.79 Å². The third-order valence-electron chi connectivity index (χ3n) is 2.92. The quantitative estimate of drug-likeness (QED) is 0.763. The van der Waals surface area contributed by atoms with Crippen molar-refractivity contribution in [1.29, 1.82) is 0 Å². The number of carbonyl (C=O) groups excluding carboxylic acids is 1. The van der Waals surface area contributed by atoms with Gasteiger partial charge in [0.15, 0.2) is 0 Å². The van der Waals surface area contributed by atoms with E-state index in [4.69, 9.17) is 14.2 Å². The van der Waals surface area contributed by atoms with E-state index in [0.29, 0.717) is 18.7 Å². The number of rotatable bonds is 6. The Morgan fingerprint density at radius 1 is 1.19 bits per heavy atom. The van der Waals surface area contributed by atoms with E-state index in [0.717, 1.165) is 11.3 Å². The average Bonchev–Trinajstić information content (AvgIpc) is 2.91. The van der Waals surface area contributed by atoms with Crippen LogP contribution >= 0.6 is 0 Å². The minimum atomic E-state index is -0.435. The normalized spacial score (nSPS) is 10.2. The van der Waals surface area contributed by atoms with Crippen LogP contribution in [0.3, 0.4) is 0 Å². The zero-order valence-corrected chi connectivity index (χ0v) is 12.3. The summed E-state index contributed by atoms with van der Waals surface area (Å²) in [7, 11) is 3.10. The fourth-order valence-corrected chi connectivity index (χ4v) is 1.90. The number of hydrogen-bond acceptors (Lipinski definition) is 5. The van der Waals surface area contributed by atoms with Crippen molar-refractivity contribution < 1.29 is 19.0 Å². The van der Waals surface area contributed by atoms with Crippen molar-refractivity contribution in [1.82, 2.24) is 9.78 Å². The molecule has 0 saturated heterocycles. The molecule has 0 aliphatic carbocycles. The van der Waals surface area contributed by atoms with Gasteiger partial charge in [-0.05, 0) is 24.6 Å². The van der Waals surface area contributed by atoms with Crippen LogP contribution in [0, 0.1) is 0 Å². The molecular weight excluding hydrogens is 272 g/mol. The lowest BCUT2D eigenvalue weighted by atomic mass is 10.2. The van der Waals surface area contributed by atoms with Gasteiger partial charge in [0.25, 0.3) is 0 Å². The number of esters is 1. The van der Waals surface area contributed by atoms with Gasteiger partial charge in [-0.15, -0.1) is 5.10 Å². The first-order chi connectivity index (χ1) is 10.2. The molecule has 1 aromatic carbocycles. The van der Waals surface area contributed by atoms with Crippen molar-refractivity contribution in [3.05, 3.63) is 41.6 Å². The van der Waals surface area contributed by atoms with Crippen molar-refractivity contribution in [2.75, 3.05) is 20.8 Å². The molecule has 1 aromatic heterocycles. The van der Waals surface area contributed by atoms with Crippen LogP contribution in [0.4, 0.5) is 0 Å². The molecule has 0 N–H and O–H groups in total. The highest BCUT2D eigenvalue weighted by Crippen LogP contribution is 2.18. The molecule has 0 atom stereocenters. The number of nitrogens with zero attached hydrogens (tertiary/aromatic N) is 2. The number of benzene rings is 1. The second-order valence-corrected chi connectivity index (χ2v) is 4.32. The second-order valence-electron chi connectivity index (χ2n) is 4.32. The van der Waals surface area contributed by atoms with Crippen LogP contribution in [0.15, 0.2) is 30.5 Å². The van der Waals surface area contributed by atoms with E-state index >= 15 is 0 Å². The maximum Gasteiger partial charge on any atom is 0.345 e. The summed E-state index contributed by atoms with van der Waals surface area (Å²) in [5, 5.41) is 4.23. The van der Waals surface area contributed by atoms with Gasteiger partial charge in [-0.25, -0.2) is 4.79 Å². The van der Waals surface area contributed by atoms with E-state index in [1.54, 1.807) is 24.9 Å². The molecule has 0 aliphatic rings. The van der Waals surface area contributed by atoms with Gasteiger partial charge in [-0.2, -0.15) is 0 Å². The minimum Gasteiger partial charge on any atom is -0.497 e. The van der Waals surface area contributed by atoms with Gasteiger partial charge >= 0.3 is 5.97 Å². The molecule has 6 nitrogen and oxygen atoms in total. The zero-order chi connectivity index (χ0) is 15.2. The molecule has 0 unspecified atom stereocenters. The largest absolute Gasteiger partial charge is 0.497 e. The van der Waals surface area contributed by atoms with E-state index in [1.807, 2.05) is 24.3 Å². The van der Waals surface area contributed by atoms with E-state index in [2.05, 4.69) is 5.10 Å². The van der Waals surface area contributed by atoms with Crippen LogP contribution in [0.2, 0.25) is 0 Å². The van der Waals surface area contributed by atoms with E-state index < -0.39 is 5.97 Å². The Bertz CT molecular complexity index is 605. The standard InChI is InChI=1S/C15H18N2O4/c1-4-21-15(18)13-10-17(16-14(13)20-3)9-11-5-7-12(19-2)8-6-11/h5-8,10H,4,9H2,1-3H3. The van der Waals surface area contributed by atoms with Crippen LogP contribution in [-0.4, -0.2) is 36.6 Å². The van der Waals surface area contributed by atoms with Gasteiger partial charge < -0.3 is 14.2 Å². The van der Waals surface area contributed by atoms with Crippen LogP contribution in [0.1, 0.15) is 22.8 Å². The monoisotopic (exact) mass is 290 g/mol. The van der Waals surface area contributed by atoms with Crippen molar-refractivity contribution in [3.8, 4) is 11.6 Å². The number of carbonyl (C=O) groups is 1. The Labute approximate surface area is 123 Å². The van der Waals surface area contributed by atoms with Crippen LogP contribution < -0.4 is 9.47 Å². The highest BCUT2D eigenvalue weighted by Gasteiger charge is 2.18. The number of methoxy groups -OCH3 is 2. The molecule has 6 heteroatoms. The summed E-state index contributed by atoms with van der Waals surface area (Å²) >= 11 is 0. The average molecular weight is 290 g/mol. The summed E-state index contributed by atoms with van der Waals surface area (Å²) in [5.41, 5.74) is 1.37. The number of hydrogen-bond donors (Lipinski definition) is 0. The lowest BCUT2D eigenvalue weighted by Gasteiger charge is -2.03. The molecule has 0 saturated carbocycles. The number of aromatic nitrogens is 2. The molecule has 2 rings (SSSR count). The first kappa shape index (κ1) is 14.9. The highest BCUT2D eigenvalue weighted by molar-refractivity contribution is 5.91. The molecule has 2 aromatic rings. The highest BCUT2D eigenvalue weighted by atomic mass is 16.5. The van der Waals surface area contributed by atoms with Crippen molar-refractivity contribution in [3.63, 3.8) is 0 Å². The molecular formula is C15H18N2O4. The van der Waals surface area contributed by atoms with Crippen molar-refractivity contribution in [2.24, 2.45) is 0 Å². The first-order valence-corrected chi connectivity index (χ1v) is 6.59. The molecule has 0 radical (unpaired) electrons. The fraction of sp³-hybridized carbons (Fsp3) is 0.333. The van der Waals surface area contributed by atoms with Crippen molar-refractivity contribution in [2.45, 2.75) is 13.5 Å². The Kier molecular flexibility index (Phi) is 4.81. The first-order valence-electron chi connectivity index (χ1n) is 6.59. The predicted molar refractivity (Wildman–Crippen MR) is 76.8 cm³/mol. The SMILES string of the molecule is CCOC(=O)c1cn(Cc2ccc(OC)cc2)nc1OC. The van der Waals surface area contributed by atoms with Crippen LogP contribution in [0.5, 0.6) is 11.6 Å². The van der Waals surface area contributed by atoms with Gasteiger partial charge in [0, 0.05) is 6.20 Å². The van der Waals surface area contributed by atoms with Gasteiger partial charge in [0.05, 0.1) is 27.4 Å². The Morgan fingerprint density at radius 2 is 1.90 bits per heavy atom. The molecule has 1 heterocycles. The summed E-state index contributed by atoms with van der Waals surface area (Å²) < 4.78 is 16.9. The van der Waals surface area contributed by atoms with Gasteiger partial charge in [0.2, 0.25) is 5.88 Å². The summed E-state index contributed by atoms with van der Waals surface area (Å²) in [4.78, 5) is 11.8. The minimum absolute atomic E-state index is 0.266. The Morgan fingerprint density at radius 3 is 2.48 bits per heavy atom. The molecule has 0 spiro atoms. The zero-order valence-electron chi connectivity index (χ0n) is 12.3. The molecule has 0 fully saturated rings. The number of ether oxygens (including phenoxy) is 3. The lowest BCUT2D eigenvalue weighted by molar-refractivity contribution is 0.0522. The van der Waals surface area contributed by atoms with Crippen LogP contribution in [-0.2, 0) is 11.3 Å². The predicted octanol–water partition coefficient (Wildman–Crippen LogP) is 2.13. The maximum atomic E-state index is 11.8. The maximum absolute atomic E-state index is 11.8. The van der Waals surface area contributed by atoms with Gasteiger partial charge in [0.1, 0.15) is 11.3 Å². The third kappa shape index (κ3) is 3.53. The van der Waals surface area contributed by atoms with Gasteiger partial charge in [-0.1, -0.05) is 12.1 Å². The fourth-order valence-electron chi connectivity index (χ4n) is 1.90. The van der Waals surface area contributed by atoms with E-state index in [-0.39, 0.29) is 5.88 Å². The molecule has 21 heavy (non-hydrogen) atoms. The molecule has 0 aliphatic heterocycles. The topological polar surface area (TPSA) is 62.6 Å². The van der Waals surface area contributed by atoms with Crippen molar-refractivity contribution >= 4 is 5.97 Å². The summed E-state index contributed by atoms with van der Waals surface area (Å²) in [6.07, 6.45) is 1.63. The summed E-state index contributed by atoms with van der Waals surface area (Å²) in [6, 6.07) is 7.64. The Hall–Kier alpha value is -2.50. The van der Waals surface area contributed by atoms with Crippen LogP contribution in [0.25, 0.3) is 0 Å². The summed E-state index contributed by atoms with van der Waals surface area (Å²) in [5.74, 6) is 0.626. The second kappa shape index (κ2) is 6.78. The molecule has 0 amide bonds. The lowest BCUT2D eigenvalue weighted by Crippen LogP contribution is -2.05. The van der Waals surface area contributed by atoms with Gasteiger partial charge in [-0.3, -0.25) is 4.68 Å². The molecule has 112 valence electrons. The summed E-state index contributed by atoms with van der Waals surface area (Å²) in [6.45, 7) is 2.59.